The molecule has 0 fully saturated rings. The van der Waals surface area contributed by atoms with Crippen molar-refractivity contribution in [1.82, 2.24) is 0 Å². The third-order valence-electron chi connectivity index (χ3n) is 2.95. The number of hydrogen-bond acceptors (Lipinski definition) is 5. The topological polar surface area (TPSA) is 88.4 Å². The van der Waals surface area contributed by atoms with Crippen LogP contribution < -0.4 is 14.2 Å². The van der Waals surface area contributed by atoms with Crippen LogP contribution in [-0.4, -0.2) is 22.6 Å². The molecule has 0 aliphatic carbocycles. The van der Waals surface area contributed by atoms with Gasteiger partial charge in [0.05, 0.1) is 25.5 Å². The second kappa shape index (κ2) is 6.37. The molecule has 0 saturated carbocycles. The van der Waals surface area contributed by atoms with Gasteiger partial charge >= 0.3 is 0 Å². The number of nitrogens with zero attached hydrogens (tertiary/aromatic N) is 1. The molecule has 2 aromatic carbocycles. The van der Waals surface area contributed by atoms with E-state index in [-0.39, 0.29) is 16.1 Å². The van der Waals surface area contributed by atoms with E-state index in [1.54, 1.807) is 24.3 Å². The number of ether oxygens (including phenoxy) is 2. The first-order chi connectivity index (χ1) is 10.5. The average Bonchev–Trinajstić information content (AvgIpc) is 2.54. The fraction of sp³-hybridized carbons (Fsp3) is 0.133. The minimum Gasteiger partial charge on any atom is -0.497 e. The molecular formula is C15H14N2O4S. The molecule has 0 amide bonds. The number of sulfonamides is 1. The quantitative estimate of drug-likeness (QED) is 0.914. The normalized spacial score (nSPS) is 10.6. The Balaban J connectivity index is 2.47. The van der Waals surface area contributed by atoms with Crippen molar-refractivity contribution in [3.8, 4) is 17.6 Å². The van der Waals surface area contributed by atoms with Gasteiger partial charge in [-0.1, -0.05) is 12.1 Å². The van der Waals surface area contributed by atoms with Gasteiger partial charge in [-0.2, -0.15) is 5.26 Å². The summed E-state index contributed by atoms with van der Waals surface area (Å²) in [7, 11) is -1.01. The molecule has 2 rings (SSSR count). The summed E-state index contributed by atoms with van der Waals surface area (Å²) in [4.78, 5) is -0.0950. The largest absolute Gasteiger partial charge is 0.497 e. The van der Waals surface area contributed by atoms with Crippen LogP contribution in [0.5, 0.6) is 11.5 Å². The summed E-state index contributed by atoms with van der Waals surface area (Å²) in [5.41, 5.74) is 0.298. The number of nitriles is 1. The van der Waals surface area contributed by atoms with E-state index in [0.29, 0.717) is 11.5 Å². The highest BCUT2D eigenvalue weighted by molar-refractivity contribution is 7.92. The Hall–Kier alpha value is -2.72. The molecule has 0 aliphatic heterocycles. The van der Waals surface area contributed by atoms with Crippen LogP contribution in [0.1, 0.15) is 5.56 Å². The molecule has 7 heteroatoms. The molecule has 0 bridgehead atoms. The van der Waals surface area contributed by atoms with Gasteiger partial charge in [0.2, 0.25) is 0 Å². The smallest absolute Gasteiger partial charge is 0.263 e. The molecule has 6 nitrogen and oxygen atoms in total. The number of hydrogen-bond donors (Lipinski definition) is 1. The monoisotopic (exact) mass is 318 g/mol. The van der Waals surface area contributed by atoms with Crippen LogP contribution >= 0.6 is 0 Å². The SMILES string of the molecule is COc1ccc(OC)c(NS(=O)(=O)c2ccccc2C#N)c1. The lowest BCUT2D eigenvalue weighted by Crippen LogP contribution is -2.15. The van der Waals surface area contributed by atoms with Gasteiger partial charge in [-0.3, -0.25) is 4.72 Å². The van der Waals surface area contributed by atoms with E-state index in [1.165, 1.54) is 32.4 Å². The lowest BCUT2D eigenvalue weighted by atomic mass is 10.2. The van der Waals surface area contributed by atoms with E-state index in [0.717, 1.165) is 0 Å². The van der Waals surface area contributed by atoms with E-state index in [1.807, 2.05) is 6.07 Å². The van der Waals surface area contributed by atoms with E-state index in [4.69, 9.17) is 14.7 Å². The summed E-state index contributed by atoms with van der Waals surface area (Å²) >= 11 is 0. The van der Waals surface area contributed by atoms with Crippen LogP contribution in [-0.2, 0) is 10.0 Å². The molecule has 0 radical (unpaired) electrons. The third kappa shape index (κ3) is 3.13. The van der Waals surface area contributed by atoms with Crippen LogP contribution in [0.4, 0.5) is 5.69 Å². The molecule has 1 N–H and O–H groups in total. The first-order valence-electron chi connectivity index (χ1n) is 6.26. The van der Waals surface area contributed by atoms with Crippen molar-refractivity contribution in [1.29, 1.82) is 5.26 Å². The van der Waals surface area contributed by atoms with Crippen molar-refractivity contribution >= 4 is 15.7 Å². The summed E-state index contributed by atoms with van der Waals surface area (Å²) in [6, 6.07) is 12.6. The Kier molecular flexibility index (Phi) is 4.53. The van der Waals surface area contributed by atoms with Gasteiger partial charge in [-0.15, -0.1) is 0 Å². The maximum atomic E-state index is 12.5. The fourth-order valence-corrected chi connectivity index (χ4v) is 3.11. The maximum Gasteiger partial charge on any atom is 0.263 e. The van der Waals surface area contributed by atoms with E-state index >= 15 is 0 Å². The summed E-state index contributed by atoms with van der Waals surface area (Å²) in [6.45, 7) is 0. The van der Waals surface area contributed by atoms with Gasteiger partial charge in [-0.05, 0) is 24.3 Å². The number of methoxy groups -OCH3 is 2. The highest BCUT2D eigenvalue weighted by Crippen LogP contribution is 2.31. The zero-order valence-electron chi connectivity index (χ0n) is 12.0. The van der Waals surface area contributed by atoms with Crippen LogP contribution in [0.2, 0.25) is 0 Å². The van der Waals surface area contributed by atoms with Crippen LogP contribution in [0.15, 0.2) is 47.4 Å². The molecule has 114 valence electrons. The minimum absolute atomic E-state index is 0.0665. The van der Waals surface area contributed by atoms with Crippen molar-refractivity contribution in [3.63, 3.8) is 0 Å². The standard InChI is InChI=1S/C15H14N2O4S/c1-20-12-7-8-14(21-2)13(9-12)17-22(18,19)15-6-4-3-5-11(15)10-16/h3-9,17H,1-2H3. The van der Waals surface area contributed by atoms with Gasteiger partial charge in [0.25, 0.3) is 10.0 Å². The Morgan fingerprint density at radius 3 is 2.45 bits per heavy atom. The molecule has 22 heavy (non-hydrogen) atoms. The maximum absolute atomic E-state index is 12.5. The fourth-order valence-electron chi connectivity index (χ4n) is 1.89. The first-order valence-corrected chi connectivity index (χ1v) is 7.74. The highest BCUT2D eigenvalue weighted by atomic mass is 32.2. The predicted molar refractivity (Wildman–Crippen MR) is 81.5 cm³/mol. The number of benzene rings is 2. The van der Waals surface area contributed by atoms with Gasteiger partial charge in [0, 0.05) is 6.07 Å². The van der Waals surface area contributed by atoms with E-state index in [2.05, 4.69) is 4.72 Å². The highest BCUT2D eigenvalue weighted by Gasteiger charge is 2.20. The molecule has 0 aromatic heterocycles. The van der Waals surface area contributed by atoms with Gasteiger partial charge in [0.1, 0.15) is 22.5 Å². The Bertz CT molecular complexity index is 826. The van der Waals surface area contributed by atoms with Gasteiger partial charge < -0.3 is 9.47 Å². The molecule has 0 heterocycles. The summed E-state index contributed by atoms with van der Waals surface area (Å²) in [5.74, 6) is 0.825. The summed E-state index contributed by atoms with van der Waals surface area (Å²) in [5, 5.41) is 9.04. The lowest BCUT2D eigenvalue weighted by molar-refractivity contribution is 0.405. The number of anilines is 1. The van der Waals surface area contributed by atoms with Crippen molar-refractivity contribution in [2.75, 3.05) is 18.9 Å². The minimum atomic E-state index is -3.92. The second-order valence-corrected chi connectivity index (χ2v) is 5.93. The van der Waals surface area contributed by atoms with Crippen molar-refractivity contribution in [2.45, 2.75) is 4.90 Å². The Labute approximate surface area is 129 Å². The first kappa shape index (κ1) is 15.7. The number of nitrogens with one attached hydrogen (secondary N) is 1. The van der Waals surface area contributed by atoms with Crippen LogP contribution in [0.25, 0.3) is 0 Å². The zero-order chi connectivity index (χ0) is 16.2. The molecule has 0 atom stereocenters. The Morgan fingerprint density at radius 2 is 1.82 bits per heavy atom. The molecule has 0 spiro atoms. The Morgan fingerprint density at radius 1 is 1.09 bits per heavy atom. The van der Waals surface area contributed by atoms with E-state index in [9.17, 15) is 8.42 Å². The average molecular weight is 318 g/mol. The summed E-state index contributed by atoms with van der Waals surface area (Å²) < 4.78 is 37.6. The number of rotatable bonds is 5. The van der Waals surface area contributed by atoms with Crippen LogP contribution in [0, 0.1) is 11.3 Å². The second-order valence-electron chi connectivity index (χ2n) is 4.28. The predicted octanol–water partition coefficient (Wildman–Crippen LogP) is 2.38. The van der Waals surface area contributed by atoms with E-state index < -0.39 is 10.0 Å². The third-order valence-corrected chi connectivity index (χ3v) is 4.37. The zero-order valence-corrected chi connectivity index (χ0v) is 12.8. The van der Waals surface area contributed by atoms with Crippen LogP contribution in [0.3, 0.4) is 0 Å². The van der Waals surface area contributed by atoms with Gasteiger partial charge in [-0.25, -0.2) is 8.42 Å². The van der Waals surface area contributed by atoms with Gasteiger partial charge in [0.15, 0.2) is 0 Å². The molecule has 0 aliphatic rings. The molecule has 0 saturated heterocycles. The molecule has 0 unspecified atom stereocenters. The lowest BCUT2D eigenvalue weighted by Gasteiger charge is -2.13. The van der Waals surface area contributed by atoms with Crippen molar-refractivity contribution in [2.24, 2.45) is 0 Å². The molecule has 2 aromatic rings. The van der Waals surface area contributed by atoms with Crippen molar-refractivity contribution in [3.05, 3.63) is 48.0 Å². The molecular weight excluding hydrogens is 304 g/mol. The summed E-state index contributed by atoms with van der Waals surface area (Å²) in [6.07, 6.45) is 0. The van der Waals surface area contributed by atoms with Crippen molar-refractivity contribution < 1.29 is 17.9 Å².